The van der Waals surface area contributed by atoms with Crippen LogP contribution in [-0.2, 0) is 27.2 Å². The van der Waals surface area contributed by atoms with E-state index in [1.165, 1.54) is 17.0 Å². The number of carbonyl (C=O) groups is 3. The molecule has 0 unspecified atom stereocenters. The number of Topliss-reactive ketones (excluding diaryl/α,β-unsaturated/α-hetero) is 1. The van der Waals surface area contributed by atoms with Gasteiger partial charge in [-0.2, -0.15) is 0 Å². The Bertz CT molecular complexity index is 1220. The van der Waals surface area contributed by atoms with Gasteiger partial charge < -0.3 is 19.5 Å². The second-order valence-corrected chi connectivity index (χ2v) is 15.5. The number of ether oxygens (including phenoxy) is 2. The summed E-state index contributed by atoms with van der Waals surface area (Å²) >= 11 is 0. The molecule has 198 valence electrons. The highest BCUT2D eigenvalue weighted by Gasteiger charge is 2.38. The Morgan fingerprint density at radius 3 is 2.38 bits per heavy atom. The number of hydrogen-bond acceptors (Lipinski definition) is 5. The Labute approximate surface area is 215 Å². The van der Waals surface area contributed by atoms with Crippen molar-refractivity contribution in [2.75, 3.05) is 19.8 Å². The molecule has 1 atom stereocenters. The second kappa shape index (κ2) is 10.6. The minimum Gasteiger partial charge on any atom is -0.486 e. The lowest BCUT2D eigenvalue weighted by molar-refractivity contribution is -0.141. The number of hydrogen-bond donors (Lipinski definition) is 1. The minimum atomic E-state index is -2.28. The molecule has 0 saturated heterocycles. The van der Waals surface area contributed by atoms with Crippen LogP contribution in [0.5, 0.6) is 11.5 Å². The number of halogens is 2. The van der Waals surface area contributed by atoms with Crippen molar-refractivity contribution in [1.82, 2.24) is 4.90 Å². The van der Waals surface area contributed by atoms with Crippen molar-refractivity contribution in [3.63, 3.8) is 0 Å². The predicted octanol–water partition coefficient (Wildman–Crippen LogP) is 3.77. The van der Waals surface area contributed by atoms with Crippen LogP contribution < -0.4 is 14.7 Å². The number of ketones is 1. The zero-order chi connectivity index (χ0) is 26.9. The molecule has 0 spiro atoms. The summed E-state index contributed by atoms with van der Waals surface area (Å²) < 4.78 is 41.3. The molecule has 4 rings (SSSR count). The molecule has 1 amide bonds. The Morgan fingerprint density at radius 1 is 1.05 bits per heavy atom. The fraction of sp³-hybridized carbons (Fsp3) is 0.444. The van der Waals surface area contributed by atoms with Gasteiger partial charge in [0, 0.05) is 36.6 Å². The van der Waals surface area contributed by atoms with Crippen molar-refractivity contribution in [1.29, 1.82) is 0 Å². The van der Waals surface area contributed by atoms with Crippen LogP contribution in [-0.4, -0.2) is 55.5 Å². The number of carboxylic acids is 1. The highest BCUT2D eigenvalue weighted by Crippen LogP contribution is 2.43. The Hall–Kier alpha value is -3.27. The lowest BCUT2D eigenvalue weighted by Crippen LogP contribution is -2.44. The average molecular weight is 532 g/mol. The van der Waals surface area contributed by atoms with Crippen molar-refractivity contribution < 1.29 is 37.7 Å². The van der Waals surface area contributed by atoms with E-state index in [1.54, 1.807) is 12.1 Å². The van der Waals surface area contributed by atoms with E-state index in [1.807, 2.05) is 19.6 Å². The molecule has 37 heavy (non-hydrogen) atoms. The van der Waals surface area contributed by atoms with Gasteiger partial charge >= 0.3 is 5.97 Å². The first-order chi connectivity index (χ1) is 17.5. The van der Waals surface area contributed by atoms with Gasteiger partial charge in [0.05, 0.1) is 8.07 Å². The normalized spacial score (nSPS) is 16.8. The number of benzene rings is 2. The molecule has 2 aromatic carbocycles. The molecule has 0 saturated carbocycles. The average Bonchev–Trinajstić information content (AvgIpc) is 2.81. The standard InChI is InChI=1S/C27H31F2NO6Si/c1-37(2,3)27-19(28)13-16(14-20(27)29)15-21(31)25-17-7-8-22-26(36-12-11-35-22)18(17)9-10-30(25)23(32)5-4-6-24(33)34/h7-8,13-14,25H,4-6,9-12,15H2,1-3H3,(H,33,34)/t25-/m1/s1. The van der Waals surface area contributed by atoms with Crippen LogP contribution in [0.25, 0.3) is 0 Å². The molecule has 0 aliphatic carbocycles. The maximum atomic E-state index is 14.9. The van der Waals surface area contributed by atoms with Gasteiger partial charge in [0.2, 0.25) is 5.91 Å². The molecule has 0 fully saturated rings. The van der Waals surface area contributed by atoms with E-state index in [9.17, 15) is 23.2 Å². The van der Waals surface area contributed by atoms with E-state index < -0.39 is 31.7 Å². The van der Waals surface area contributed by atoms with Crippen LogP contribution in [0.2, 0.25) is 19.6 Å². The van der Waals surface area contributed by atoms with Crippen LogP contribution in [0.15, 0.2) is 24.3 Å². The summed E-state index contributed by atoms with van der Waals surface area (Å²) in [4.78, 5) is 39.2. The van der Waals surface area contributed by atoms with E-state index in [2.05, 4.69) is 0 Å². The molecule has 2 aliphatic heterocycles. The number of rotatable bonds is 8. The predicted molar refractivity (Wildman–Crippen MR) is 135 cm³/mol. The third-order valence-corrected chi connectivity index (χ3v) is 8.67. The number of nitrogens with zero attached hydrogens (tertiary/aromatic N) is 1. The summed E-state index contributed by atoms with van der Waals surface area (Å²) in [6, 6.07) is 4.87. The van der Waals surface area contributed by atoms with Crippen molar-refractivity contribution in [3.05, 3.63) is 52.6 Å². The summed E-state index contributed by atoms with van der Waals surface area (Å²) in [6.07, 6.45) is 0.134. The summed E-state index contributed by atoms with van der Waals surface area (Å²) in [6.45, 7) is 6.54. The second-order valence-electron chi connectivity index (χ2n) is 10.5. The van der Waals surface area contributed by atoms with Crippen LogP contribution in [0, 0.1) is 11.6 Å². The fourth-order valence-corrected chi connectivity index (χ4v) is 6.70. The van der Waals surface area contributed by atoms with Crippen LogP contribution >= 0.6 is 0 Å². The molecular weight excluding hydrogens is 500 g/mol. The molecule has 2 aromatic rings. The lowest BCUT2D eigenvalue weighted by Gasteiger charge is -2.38. The number of aliphatic carboxylic acids is 1. The van der Waals surface area contributed by atoms with Gasteiger partial charge in [0.15, 0.2) is 17.3 Å². The fourth-order valence-electron chi connectivity index (χ4n) is 5.12. The summed E-state index contributed by atoms with van der Waals surface area (Å²) in [5.41, 5.74) is 1.56. The summed E-state index contributed by atoms with van der Waals surface area (Å²) in [7, 11) is -2.28. The van der Waals surface area contributed by atoms with Gasteiger partial charge in [-0.3, -0.25) is 14.4 Å². The highest BCUT2D eigenvalue weighted by atomic mass is 28.3. The molecule has 1 N–H and O–H groups in total. The van der Waals surface area contributed by atoms with Crippen LogP contribution in [0.4, 0.5) is 8.78 Å². The highest BCUT2D eigenvalue weighted by molar-refractivity contribution is 6.88. The van der Waals surface area contributed by atoms with Gasteiger partial charge in [-0.05, 0) is 42.2 Å². The van der Waals surface area contributed by atoms with E-state index in [4.69, 9.17) is 14.6 Å². The molecule has 2 heterocycles. The third-order valence-electron chi connectivity index (χ3n) is 6.69. The van der Waals surface area contributed by atoms with Crippen molar-refractivity contribution in [3.8, 4) is 11.5 Å². The van der Waals surface area contributed by atoms with Gasteiger partial charge in [-0.1, -0.05) is 25.7 Å². The Balaban J connectivity index is 1.68. The van der Waals surface area contributed by atoms with Crippen LogP contribution in [0.1, 0.15) is 42.0 Å². The molecule has 0 aromatic heterocycles. The first-order valence-corrected chi connectivity index (χ1v) is 15.9. The first kappa shape index (κ1) is 26.8. The summed E-state index contributed by atoms with van der Waals surface area (Å²) in [5.74, 6) is -1.92. The molecule has 2 aliphatic rings. The van der Waals surface area contributed by atoms with Crippen molar-refractivity contribution in [2.24, 2.45) is 0 Å². The first-order valence-electron chi connectivity index (χ1n) is 12.4. The maximum Gasteiger partial charge on any atom is 0.303 e. The van der Waals surface area contributed by atoms with Gasteiger partial charge in [0.1, 0.15) is 30.9 Å². The third kappa shape index (κ3) is 5.68. The molecular formula is C27H31F2NO6Si. The molecule has 7 nitrogen and oxygen atoms in total. The number of fused-ring (bicyclic) bond motifs is 3. The molecule has 10 heteroatoms. The van der Waals surface area contributed by atoms with Gasteiger partial charge in [0.25, 0.3) is 0 Å². The number of carbonyl (C=O) groups excluding carboxylic acids is 2. The van der Waals surface area contributed by atoms with E-state index in [0.717, 1.165) is 5.56 Å². The van der Waals surface area contributed by atoms with E-state index in [0.29, 0.717) is 36.7 Å². The largest absolute Gasteiger partial charge is 0.486 e. The molecule has 0 bridgehead atoms. The number of carboxylic acid groups (broad SMARTS) is 1. The molecule has 0 radical (unpaired) electrons. The van der Waals surface area contributed by atoms with Gasteiger partial charge in [-0.25, -0.2) is 8.78 Å². The maximum absolute atomic E-state index is 14.9. The lowest BCUT2D eigenvalue weighted by atomic mass is 9.86. The monoisotopic (exact) mass is 531 g/mol. The van der Waals surface area contributed by atoms with Crippen LogP contribution in [0.3, 0.4) is 0 Å². The van der Waals surface area contributed by atoms with E-state index >= 15 is 0 Å². The van der Waals surface area contributed by atoms with Gasteiger partial charge in [-0.15, -0.1) is 0 Å². The number of amides is 1. The summed E-state index contributed by atoms with van der Waals surface area (Å²) in [5, 5.41) is 9.02. The quantitative estimate of drug-likeness (QED) is 0.522. The zero-order valence-corrected chi connectivity index (χ0v) is 22.2. The minimum absolute atomic E-state index is 0.0237. The van der Waals surface area contributed by atoms with Crippen molar-refractivity contribution in [2.45, 2.75) is 57.8 Å². The Kier molecular flexibility index (Phi) is 7.68. The van der Waals surface area contributed by atoms with Crippen molar-refractivity contribution >= 4 is 30.9 Å². The zero-order valence-electron chi connectivity index (χ0n) is 21.2. The topological polar surface area (TPSA) is 93.1 Å². The Morgan fingerprint density at radius 2 is 1.73 bits per heavy atom. The SMILES string of the molecule is C[Si](C)(C)c1c(F)cc(CC(=O)[C@H]2c3ccc4c(c3CCN2C(=O)CCCC(=O)O)OCCO4)cc1F. The smallest absolute Gasteiger partial charge is 0.303 e. The van der Waals surface area contributed by atoms with E-state index in [-0.39, 0.29) is 54.7 Å².